The Morgan fingerprint density at radius 3 is 2.21 bits per heavy atom. The van der Waals surface area contributed by atoms with Gasteiger partial charge in [-0.2, -0.15) is 0 Å². The highest BCUT2D eigenvalue weighted by Crippen LogP contribution is 2.44. The van der Waals surface area contributed by atoms with E-state index >= 15 is 0 Å². The van der Waals surface area contributed by atoms with Crippen molar-refractivity contribution in [2.45, 2.75) is 52.4 Å². The van der Waals surface area contributed by atoms with Crippen molar-refractivity contribution in [2.75, 3.05) is 5.73 Å². The van der Waals surface area contributed by atoms with Crippen LogP contribution in [-0.4, -0.2) is 5.11 Å². The molecule has 106 valence electrons. The third-order valence-corrected chi connectivity index (χ3v) is 4.55. The lowest BCUT2D eigenvalue weighted by molar-refractivity contribution is 0.169. The smallest absolute Gasteiger partial charge is 0.150 e. The van der Waals surface area contributed by atoms with E-state index in [4.69, 9.17) is 5.73 Å². The fourth-order valence-electron chi connectivity index (χ4n) is 3.15. The molecule has 0 atom stereocenters. The van der Waals surface area contributed by atoms with Crippen molar-refractivity contribution in [3.8, 4) is 5.75 Å². The first-order chi connectivity index (χ1) is 8.79. The van der Waals surface area contributed by atoms with E-state index in [1.807, 2.05) is 0 Å². The fourth-order valence-corrected chi connectivity index (χ4v) is 3.15. The summed E-state index contributed by atoms with van der Waals surface area (Å²) in [7, 11) is 0. The molecule has 1 fully saturated rings. The van der Waals surface area contributed by atoms with Crippen LogP contribution in [0.2, 0.25) is 0 Å². The number of aromatic hydroxyl groups is 1. The Labute approximate surface area is 114 Å². The number of nitrogen functional groups attached to an aromatic ring is 1. The second-order valence-corrected chi connectivity index (χ2v) is 6.85. The van der Waals surface area contributed by atoms with Crippen LogP contribution >= 0.6 is 0 Å². The van der Waals surface area contributed by atoms with Crippen molar-refractivity contribution in [3.63, 3.8) is 0 Å². The van der Waals surface area contributed by atoms with Crippen LogP contribution in [0.1, 0.15) is 57.9 Å². The van der Waals surface area contributed by atoms with Gasteiger partial charge in [0.25, 0.3) is 0 Å². The minimum Gasteiger partial charge on any atom is -0.506 e. The van der Waals surface area contributed by atoms with Gasteiger partial charge in [0.15, 0.2) is 0 Å². The molecule has 2 rings (SSSR count). The quantitative estimate of drug-likeness (QED) is 0.582. The van der Waals surface area contributed by atoms with Gasteiger partial charge in [0.2, 0.25) is 0 Å². The van der Waals surface area contributed by atoms with Crippen molar-refractivity contribution in [2.24, 2.45) is 11.3 Å². The Morgan fingerprint density at radius 2 is 1.74 bits per heavy atom. The van der Waals surface area contributed by atoms with Gasteiger partial charge in [-0.15, -0.1) is 0 Å². The molecule has 0 saturated heterocycles. The second-order valence-electron chi connectivity index (χ2n) is 6.85. The molecule has 1 aromatic rings. The lowest BCUT2D eigenvalue weighted by atomic mass is 9.68. The summed E-state index contributed by atoms with van der Waals surface area (Å²) in [5.41, 5.74) is 6.52. The molecule has 0 bridgehead atoms. The molecule has 0 radical (unpaired) electrons. The van der Waals surface area contributed by atoms with Crippen molar-refractivity contribution < 1.29 is 9.50 Å². The van der Waals surface area contributed by atoms with E-state index in [9.17, 15) is 9.50 Å². The summed E-state index contributed by atoms with van der Waals surface area (Å²) >= 11 is 0. The van der Waals surface area contributed by atoms with Gasteiger partial charge in [-0.3, -0.25) is 0 Å². The van der Waals surface area contributed by atoms with Crippen LogP contribution in [0.4, 0.5) is 10.1 Å². The molecule has 0 heterocycles. The normalized spacial score (nSPS) is 24.4. The fraction of sp³-hybridized carbons (Fsp3) is 0.625. The molecular formula is C16H24FNO. The Balaban J connectivity index is 2.10. The van der Waals surface area contributed by atoms with Crippen LogP contribution in [-0.2, 0) is 0 Å². The Kier molecular flexibility index (Phi) is 3.75. The van der Waals surface area contributed by atoms with E-state index in [1.54, 1.807) is 6.07 Å². The Bertz CT molecular complexity index is 433. The Hall–Kier alpha value is -1.25. The number of nitrogens with two attached hydrogens (primary N) is 1. The predicted octanol–water partition coefficient (Wildman–Crippen LogP) is 4.43. The molecule has 0 aromatic heterocycles. The second kappa shape index (κ2) is 5.03. The van der Waals surface area contributed by atoms with Crippen LogP contribution in [0.5, 0.6) is 5.75 Å². The van der Waals surface area contributed by atoms with Crippen LogP contribution in [0.3, 0.4) is 0 Å². The zero-order chi connectivity index (χ0) is 14.2. The first kappa shape index (κ1) is 14.2. The number of phenolic OH excluding ortho intramolecular Hbond substituents is 1. The van der Waals surface area contributed by atoms with E-state index in [2.05, 4.69) is 20.8 Å². The average molecular weight is 265 g/mol. The van der Waals surface area contributed by atoms with E-state index in [-0.39, 0.29) is 11.4 Å². The van der Waals surface area contributed by atoms with Gasteiger partial charge in [-0.05, 0) is 60.6 Å². The predicted molar refractivity (Wildman–Crippen MR) is 76.6 cm³/mol. The molecule has 3 heteroatoms. The number of hydrogen-bond donors (Lipinski definition) is 2. The number of phenols is 1. The van der Waals surface area contributed by atoms with Gasteiger partial charge in [0.1, 0.15) is 17.3 Å². The molecule has 0 aliphatic heterocycles. The summed E-state index contributed by atoms with van der Waals surface area (Å²) in [4.78, 5) is 0. The maximum absolute atomic E-state index is 13.6. The monoisotopic (exact) mass is 265 g/mol. The van der Waals surface area contributed by atoms with Crippen LogP contribution in [0.25, 0.3) is 0 Å². The topological polar surface area (TPSA) is 46.2 Å². The van der Waals surface area contributed by atoms with Crippen molar-refractivity contribution in [1.29, 1.82) is 0 Å². The van der Waals surface area contributed by atoms with Gasteiger partial charge in [0.05, 0.1) is 0 Å². The molecule has 0 unspecified atom stereocenters. The van der Waals surface area contributed by atoms with E-state index in [1.165, 1.54) is 18.9 Å². The van der Waals surface area contributed by atoms with Gasteiger partial charge in [-0.1, -0.05) is 20.8 Å². The molecule has 1 saturated carbocycles. The highest BCUT2D eigenvalue weighted by molar-refractivity contribution is 5.54. The van der Waals surface area contributed by atoms with Crippen LogP contribution < -0.4 is 5.73 Å². The van der Waals surface area contributed by atoms with E-state index in [0.29, 0.717) is 11.3 Å². The number of halogens is 1. The summed E-state index contributed by atoms with van der Waals surface area (Å²) in [6.07, 6.45) is 4.46. The molecular weight excluding hydrogens is 241 g/mol. The molecule has 1 aromatic carbocycles. The highest BCUT2D eigenvalue weighted by Gasteiger charge is 2.30. The molecule has 0 amide bonds. The molecule has 2 nitrogen and oxygen atoms in total. The van der Waals surface area contributed by atoms with Crippen molar-refractivity contribution >= 4 is 5.69 Å². The summed E-state index contributed by atoms with van der Waals surface area (Å²) in [5.74, 6) is 0.441. The molecule has 19 heavy (non-hydrogen) atoms. The molecule has 1 aliphatic carbocycles. The average Bonchev–Trinajstić information content (AvgIpc) is 2.34. The standard InChI is InChI=1S/C16H24FNO/c1-16(2,3)12-6-4-10(5-7-12)11-8-13(17)15(18)14(19)9-11/h8-10,12,19H,4-7,18H2,1-3H3. The summed E-state index contributed by atoms with van der Waals surface area (Å²) in [5, 5.41) is 9.63. The Morgan fingerprint density at radius 1 is 1.16 bits per heavy atom. The lowest BCUT2D eigenvalue weighted by Crippen LogP contribution is -2.25. The summed E-state index contributed by atoms with van der Waals surface area (Å²) in [6, 6.07) is 3.11. The summed E-state index contributed by atoms with van der Waals surface area (Å²) in [6.45, 7) is 6.85. The highest BCUT2D eigenvalue weighted by atomic mass is 19.1. The molecule has 1 aliphatic rings. The maximum Gasteiger partial charge on any atom is 0.150 e. The first-order valence-electron chi connectivity index (χ1n) is 7.07. The van der Waals surface area contributed by atoms with Gasteiger partial charge >= 0.3 is 0 Å². The third kappa shape index (κ3) is 3.02. The van der Waals surface area contributed by atoms with Gasteiger partial charge < -0.3 is 10.8 Å². The number of rotatable bonds is 1. The summed E-state index contributed by atoms with van der Waals surface area (Å²) < 4.78 is 13.6. The zero-order valence-corrected chi connectivity index (χ0v) is 12.0. The number of anilines is 1. The molecule has 3 N–H and O–H groups in total. The van der Waals surface area contributed by atoms with Gasteiger partial charge in [0, 0.05) is 0 Å². The number of hydrogen-bond acceptors (Lipinski definition) is 2. The minimum absolute atomic E-state index is 0.132. The van der Waals surface area contributed by atoms with E-state index < -0.39 is 5.82 Å². The minimum atomic E-state index is -0.507. The van der Waals surface area contributed by atoms with E-state index in [0.717, 1.165) is 24.3 Å². The van der Waals surface area contributed by atoms with Gasteiger partial charge in [-0.25, -0.2) is 4.39 Å². The first-order valence-corrected chi connectivity index (χ1v) is 7.07. The van der Waals surface area contributed by atoms with Crippen molar-refractivity contribution in [3.05, 3.63) is 23.5 Å². The third-order valence-electron chi connectivity index (χ3n) is 4.55. The zero-order valence-electron chi connectivity index (χ0n) is 12.0. The largest absolute Gasteiger partial charge is 0.506 e. The lowest BCUT2D eigenvalue weighted by Gasteiger charge is -2.37. The van der Waals surface area contributed by atoms with Crippen LogP contribution in [0, 0.1) is 17.2 Å². The maximum atomic E-state index is 13.6. The number of benzene rings is 1. The SMILES string of the molecule is CC(C)(C)C1CCC(c2cc(O)c(N)c(F)c2)CC1. The van der Waals surface area contributed by atoms with Crippen molar-refractivity contribution in [1.82, 2.24) is 0 Å². The van der Waals surface area contributed by atoms with Crippen LogP contribution in [0.15, 0.2) is 12.1 Å². The molecule has 0 spiro atoms.